The number of hydrogen-bond acceptors (Lipinski definition) is 5. The molecule has 0 atom stereocenters. The van der Waals surface area contributed by atoms with E-state index in [4.69, 9.17) is 15.2 Å². The van der Waals surface area contributed by atoms with Gasteiger partial charge in [0, 0.05) is 0 Å². The molecule has 0 fully saturated rings. The molecule has 0 aromatic heterocycles. The van der Waals surface area contributed by atoms with Gasteiger partial charge >= 0.3 is 5.97 Å². The predicted octanol–water partition coefficient (Wildman–Crippen LogP) is 1.79. The number of aryl methyl sites for hydroxylation is 1. The number of anilines is 1. The molecule has 2 aromatic rings. The van der Waals surface area contributed by atoms with Crippen molar-refractivity contribution in [2.75, 3.05) is 18.5 Å². The molecule has 2 amide bonds. The van der Waals surface area contributed by atoms with Gasteiger partial charge in [-0.15, -0.1) is 0 Å². The summed E-state index contributed by atoms with van der Waals surface area (Å²) >= 11 is 0. The first-order chi connectivity index (χ1) is 12.3. The Morgan fingerprint density at radius 2 is 1.77 bits per heavy atom. The topological polar surface area (TPSA) is 108 Å². The standard InChI is InChI=1S/C18H17FN2O5/c1-11-2-7-15(14(19)8-11)21-17(23)10-26-18(24)12-3-5-13(6-4-12)25-9-16(20)22/h2-8H,9-10H2,1H3,(H2,20,22)(H,21,23). The minimum Gasteiger partial charge on any atom is -0.484 e. The lowest BCUT2D eigenvalue weighted by molar-refractivity contribution is -0.120. The third-order valence-corrected chi connectivity index (χ3v) is 3.20. The molecule has 2 rings (SSSR count). The van der Waals surface area contributed by atoms with Crippen LogP contribution in [0.3, 0.4) is 0 Å². The summed E-state index contributed by atoms with van der Waals surface area (Å²) in [6, 6.07) is 10.1. The van der Waals surface area contributed by atoms with Gasteiger partial charge in [0.15, 0.2) is 13.2 Å². The molecule has 2 aromatic carbocycles. The van der Waals surface area contributed by atoms with Gasteiger partial charge in [-0.3, -0.25) is 9.59 Å². The number of primary amides is 1. The van der Waals surface area contributed by atoms with Crippen LogP contribution >= 0.6 is 0 Å². The summed E-state index contributed by atoms with van der Waals surface area (Å²) in [5.74, 6) is -2.23. The quantitative estimate of drug-likeness (QED) is 0.732. The molecule has 0 radical (unpaired) electrons. The van der Waals surface area contributed by atoms with E-state index in [1.807, 2.05) is 0 Å². The number of nitrogens with one attached hydrogen (secondary N) is 1. The molecule has 0 saturated carbocycles. The molecule has 0 unspecified atom stereocenters. The smallest absolute Gasteiger partial charge is 0.338 e. The molecule has 26 heavy (non-hydrogen) atoms. The number of rotatable bonds is 7. The lowest BCUT2D eigenvalue weighted by Gasteiger charge is -2.08. The molecule has 0 saturated heterocycles. The zero-order valence-electron chi connectivity index (χ0n) is 14.0. The van der Waals surface area contributed by atoms with Crippen LogP contribution in [0.4, 0.5) is 10.1 Å². The van der Waals surface area contributed by atoms with Crippen molar-refractivity contribution in [3.05, 3.63) is 59.4 Å². The fourth-order valence-electron chi connectivity index (χ4n) is 1.96. The maximum absolute atomic E-state index is 13.7. The molecule has 0 bridgehead atoms. The van der Waals surface area contributed by atoms with Crippen molar-refractivity contribution in [1.82, 2.24) is 0 Å². The van der Waals surface area contributed by atoms with Gasteiger partial charge in [-0.1, -0.05) is 6.07 Å². The Kier molecular flexibility index (Phi) is 6.26. The third-order valence-electron chi connectivity index (χ3n) is 3.20. The molecular formula is C18H17FN2O5. The summed E-state index contributed by atoms with van der Waals surface area (Å²) in [5.41, 5.74) is 5.87. The molecule has 0 aliphatic carbocycles. The highest BCUT2D eigenvalue weighted by atomic mass is 19.1. The van der Waals surface area contributed by atoms with E-state index >= 15 is 0 Å². The second-order valence-electron chi connectivity index (χ2n) is 5.39. The van der Waals surface area contributed by atoms with Crippen molar-refractivity contribution in [1.29, 1.82) is 0 Å². The van der Waals surface area contributed by atoms with Gasteiger partial charge in [0.2, 0.25) is 0 Å². The molecule has 0 spiro atoms. The number of ether oxygens (including phenoxy) is 2. The molecular weight excluding hydrogens is 343 g/mol. The molecule has 8 heteroatoms. The fourth-order valence-corrected chi connectivity index (χ4v) is 1.96. The average molecular weight is 360 g/mol. The van der Waals surface area contributed by atoms with Crippen LogP contribution in [0.1, 0.15) is 15.9 Å². The van der Waals surface area contributed by atoms with Crippen molar-refractivity contribution in [3.8, 4) is 5.75 Å². The molecule has 3 N–H and O–H groups in total. The Labute approximate surface area is 148 Å². The summed E-state index contributed by atoms with van der Waals surface area (Å²) in [5, 5.41) is 2.33. The van der Waals surface area contributed by atoms with Crippen molar-refractivity contribution in [2.24, 2.45) is 5.73 Å². The van der Waals surface area contributed by atoms with E-state index in [0.29, 0.717) is 5.75 Å². The molecule has 0 aliphatic rings. The SMILES string of the molecule is Cc1ccc(NC(=O)COC(=O)c2ccc(OCC(N)=O)cc2)c(F)c1. The average Bonchev–Trinajstić information content (AvgIpc) is 2.60. The van der Waals surface area contributed by atoms with E-state index in [1.54, 1.807) is 13.0 Å². The summed E-state index contributed by atoms with van der Waals surface area (Å²) in [7, 11) is 0. The minimum absolute atomic E-state index is 0.00704. The number of carbonyl (C=O) groups excluding carboxylic acids is 3. The second kappa shape index (κ2) is 8.61. The first kappa shape index (κ1) is 18.9. The zero-order chi connectivity index (χ0) is 19.1. The Morgan fingerprint density at radius 1 is 1.08 bits per heavy atom. The van der Waals surface area contributed by atoms with Crippen LogP contribution in [-0.4, -0.2) is 31.0 Å². The number of carbonyl (C=O) groups is 3. The highest BCUT2D eigenvalue weighted by Gasteiger charge is 2.12. The Hall–Kier alpha value is -3.42. The van der Waals surface area contributed by atoms with Gasteiger partial charge in [0.1, 0.15) is 11.6 Å². The largest absolute Gasteiger partial charge is 0.484 e. The van der Waals surface area contributed by atoms with E-state index in [0.717, 1.165) is 5.56 Å². The monoisotopic (exact) mass is 360 g/mol. The predicted molar refractivity (Wildman–Crippen MR) is 91.2 cm³/mol. The normalized spacial score (nSPS) is 10.1. The first-order valence-electron chi connectivity index (χ1n) is 7.59. The summed E-state index contributed by atoms with van der Waals surface area (Å²) < 4.78 is 23.6. The van der Waals surface area contributed by atoms with Crippen LogP contribution in [0.15, 0.2) is 42.5 Å². The number of benzene rings is 2. The Bertz CT molecular complexity index is 821. The van der Waals surface area contributed by atoms with E-state index in [2.05, 4.69) is 5.32 Å². The molecule has 136 valence electrons. The van der Waals surface area contributed by atoms with Gasteiger partial charge in [0.25, 0.3) is 11.8 Å². The summed E-state index contributed by atoms with van der Waals surface area (Å²) in [4.78, 5) is 34.3. The van der Waals surface area contributed by atoms with Crippen LogP contribution in [0.2, 0.25) is 0 Å². The van der Waals surface area contributed by atoms with E-state index in [9.17, 15) is 18.8 Å². The van der Waals surface area contributed by atoms with E-state index in [1.165, 1.54) is 36.4 Å². The van der Waals surface area contributed by atoms with E-state index < -0.39 is 30.2 Å². The van der Waals surface area contributed by atoms with Crippen molar-refractivity contribution in [3.63, 3.8) is 0 Å². The second-order valence-corrected chi connectivity index (χ2v) is 5.39. The van der Waals surface area contributed by atoms with Gasteiger partial charge in [0.05, 0.1) is 11.3 Å². The van der Waals surface area contributed by atoms with Crippen LogP contribution in [0.5, 0.6) is 5.75 Å². The van der Waals surface area contributed by atoms with Crippen LogP contribution in [0, 0.1) is 12.7 Å². The summed E-state index contributed by atoms with van der Waals surface area (Å²) in [6.45, 7) is 0.881. The first-order valence-corrected chi connectivity index (χ1v) is 7.59. The number of halogens is 1. The molecule has 7 nitrogen and oxygen atoms in total. The molecule has 0 aliphatic heterocycles. The number of esters is 1. The number of hydrogen-bond donors (Lipinski definition) is 2. The molecule has 0 heterocycles. The maximum Gasteiger partial charge on any atom is 0.338 e. The van der Waals surface area contributed by atoms with Crippen molar-refractivity contribution < 1.29 is 28.2 Å². The number of nitrogens with two attached hydrogens (primary N) is 1. The Morgan fingerprint density at radius 3 is 2.38 bits per heavy atom. The highest BCUT2D eigenvalue weighted by molar-refractivity contribution is 5.95. The van der Waals surface area contributed by atoms with Crippen LogP contribution in [-0.2, 0) is 14.3 Å². The van der Waals surface area contributed by atoms with Crippen molar-refractivity contribution >= 4 is 23.5 Å². The van der Waals surface area contributed by atoms with Crippen molar-refractivity contribution in [2.45, 2.75) is 6.92 Å². The van der Waals surface area contributed by atoms with Crippen LogP contribution in [0.25, 0.3) is 0 Å². The summed E-state index contributed by atoms with van der Waals surface area (Å²) in [6.07, 6.45) is 0. The van der Waals surface area contributed by atoms with Gasteiger partial charge in [-0.2, -0.15) is 0 Å². The number of amides is 2. The highest BCUT2D eigenvalue weighted by Crippen LogP contribution is 2.15. The third kappa shape index (κ3) is 5.59. The van der Waals surface area contributed by atoms with E-state index in [-0.39, 0.29) is 17.9 Å². The lowest BCUT2D eigenvalue weighted by atomic mass is 10.2. The van der Waals surface area contributed by atoms with Gasteiger partial charge in [-0.25, -0.2) is 9.18 Å². The minimum atomic E-state index is -0.731. The maximum atomic E-state index is 13.7. The lowest BCUT2D eigenvalue weighted by Crippen LogP contribution is -2.21. The Balaban J connectivity index is 1.85. The van der Waals surface area contributed by atoms with Gasteiger partial charge < -0.3 is 20.5 Å². The fraction of sp³-hybridized carbons (Fsp3) is 0.167. The van der Waals surface area contributed by atoms with Crippen LogP contribution < -0.4 is 15.8 Å². The van der Waals surface area contributed by atoms with Gasteiger partial charge in [-0.05, 0) is 48.9 Å². The zero-order valence-corrected chi connectivity index (χ0v) is 14.0.